The van der Waals surface area contributed by atoms with E-state index in [4.69, 9.17) is 14.4 Å². The van der Waals surface area contributed by atoms with Crippen LogP contribution in [0.2, 0.25) is 0 Å². The normalized spacial score (nSPS) is 11.9. The Hall–Kier alpha value is -7.76. The first-order valence-electron chi connectivity index (χ1n) is 19.2. The van der Waals surface area contributed by atoms with E-state index in [0.717, 1.165) is 66.1 Å². The van der Waals surface area contributed by atoms with Gasteiger partial charge in [0, 0.05) is 49.8 Å². The topological polar surface area (TPSA) is 48.8 Å². The molecule has 0 saturated heterocycles. The van der Waals surface area contributed by atoms with Crippen LogP contribution in [0.3, 0.4) is 0 Å². The maximum absolute atomic E-state index is 6.38. The number of hydrogen-bond acceptors (Lipinski definition) is 3. The summed E-state index contributed by atoms with van der Waals surface area (Å²) in [5, 5.41) is 6.99. The second-order valence-corrected chi connectivity index (χ2v) is 14.6. The van der Waals surface area contributed by atoms with Crippen LogP contribution in [0.1, 0.15) is 0 Å². The fraction of sp³-hybridized carbons (Fsp3) is 0. The van der Waals surface area contributed by atoms with Crippen molar-refractivity contribution < 1.29 is 4.42 Å². The molecule has 0 radical (unpaired) electrons. The molecule has 0 aliphatic carbocycles. The molecule has 0 aliphatic rings. The van der Waals surface area contributed by atoms with Gasteiger partial charge in [-0.3, -0.25) is 4.57 Å². The van der Waals surface area contributed by atoms with Crippen molar-refractivity contribution in [3.63, 3.8) is 0 Å². The van der Waals surface area contributed by atoms with Crippen molar-refractivity contribution in [2.75, 3.05) is 0 Å². The Balaban J connectivity index is 0.925. The van der Waals surface area contributed by atoms with Gasteiger partial charge in [0.25, 0.3) is 0 Å². The van der Waals surface area contributed by atoms with Gasteiger partial charge >= 0.3 is 0 Å². The Kier molecular flexibility index (Phi) is 6.86. The van der Waals surface area contributed by atoms with Crippen molar-refractivity contribution in [1.29, 1.82) is 0 Å². The van der Waals surface area contributed by atoms with E-state index in [0.29, 0.717) is 5.95 Å². The van der Waals surface area contributed by atoms with Crippen LogP contribution in [0.5, 0.6) is 0 Å². The van der Waals surface area contributed by atoms with Crippen LogP contribution in [-0.4, -0.2) is 19.1 Å². The maximum Gasteiger partial charge on any atom is 0.235 e. The highest BCUT2D eigenvalue weighted by atomic mass is 16.3. The summed E-state index contributed by atoms with van der Waals surface area (Å²) in [5.41, 5.74) is 13.9. The second kappa shape index (κ2) is 12.4. The zero-order valence-electron chi connectivity index (χ0n) is 30.7. The molecule has 0 atom stereocenters. The van der Waals surface area contributed by atoms with Crippen LogP contribution in [0.4, 0.5) is 0 Å². The number of aromatic nitrogens is 4. The van der Waals surface area contributed by atoms with Crippen LogP contribution >= 0.6 is 0 Å². The summed E-state index contributed by atoms with van der Waals surface area (Å²) in [7, 11) is 0. The molecule has 0 unspecified atom stereocenters. The highest BCUT2D eigenvalue weighted by molar-refractivity contribution is 6.12. The molecule has 4 aromatic heterocycles. The lowest BCUT2D eigenvalue weighted by Gasteiger charge is -2.09. The number of furan rings is 1. The summed E-state index contributed by atoms with van der Waals surface area (Å²) in [5.74, 6) is 0.618. The molecule has 0 saturated carbocycles. The first-order chi connectivity index (χ1) is 28.3. The molecule has 0 spiro atoms. The molecule has 0 N–H and O–H groups in total. The van der Waals surface area contributed by atoms with Crippen molar-refractivity contribution in [2.24, 2.45) is 0 Å². The van der Waals surface area contributed by atoms with E-state index < -0.39 is 0 Å². The third kappa shape index (κ3) is 4.89. The van der Waals surface area contributed by atoms with Crippen molar-refractivity contribution in [1.82, 2.24) is 19.1 Å². The minimum absolute atomic E-state index is 0.618. The number of fused-ring (bicyclic) bond motifs is 9. The van der Waals surface area contributed by atoms with E-state index in [2.05, 4.69) is 173 Å². The molecule has 0 amide bonds. The molecule has 4 heterocycles. The zero-order valence-corrected chi connectivity index (χ0v) is 30.7. The molecule has 12 aromatic rings. The van der Waals surface area contributed by atoms with Crippen LogP contribution in [0, 0.1) is 0 Å². The Morgan fingerprint density at radius 2 is 0.930 bits per heavy atom. The quantitative estimate of drug-likeness (QED) is 0.177. The van der Waals surface area contributed by atoms with Gasteiger partial charge in [-0.2, -0.15) is 0 Å². The smallest absolute Gasteiger partial charge is 0.235 e. The van der Waals surface area contributed by atoms with Gasteiger partial charge in [-0.1, -0.05) is 121 Å². The molecule has 57 heavy (non-hydrogen) atoms. The first kappa shape index (κ1) is 31.6. The lowest BCUT2D eigenvalue weighted by atomic mass is 9.98. The number of para-hydroxylation sites is 5. The predicted octanol–water partition coefficient (Wildman–Crippen LogP) is 13.6. The zero-order chi connectivity index (χ0) is 37.5. The molecule has 0 aliphatic heterocycles. The highest BCUT2D eigenvalue weighted by Gasteiger charge is 2.18. The molecule has 12 rings (SSSR count). The largest absolute Gasteiger partial charge is 0.455 e. The van der Waals surface area contributed by atoms with E-state index in [1.54, 1.807) is 0 Å². The molecular formula is C52H32N4O. The molecular weight excluding hydrogens is 697 g/mol. The van der Waals surface area contributed by atoms with Crippen molar-refractivity contribution >= 4 is 65.6 Å². The van der Waals surface area contributed by atoms with Gasteiger partial charge in [0.1, 0.15) is 11.2 Å². The van der Waals surface area contributed by atoms with E-state index in [9.17, 15) is 0 Å². The van der Waals surface area contributed by atoms with E-state index in [1.807, 2.05) is 30.5 Å². The summed E-state index contributed by atoms with van der Waals surface area (Å²) in [6.45, 7) is 0. The Morgan fingerprint density at radius 1 is 0.386 bits per heavy atom. The Morgan fingerprint density at radius 3 is 1.63 bits per heavy atom. The SMILES string of the molecule is c1ccc(-n2c3ccccc3c3cc(-c4ccc(-c5ccc6c(c5)c5ccccc5n6-c5nccc(-c6cccc7c6oc6ccccc67)n5)cc4)ccc32)cc1. The second-order valence-electron chi connectivity index (χ2n) is 14.6. The summed E-state index contributed by atoms with van der Waals surface area (Å²) >= 11 is 0. The van der Waals surface area contributed by atoms with Gasteiger partial charge in [-0.25, -0.2) is 9.97 Å². The van der Waals surface area contributed by atoms with E-state index in [-0.39, 0.29) is 0 Å². The first-order valence-corrected chi connectivity index (χ1v) is 19.2. The molecule has 8 aromatic carbocycles. The number of rotatable bonds is 5. The summed E-state index contributed by atoms with van der Waals surface area (Å²) < 4.78 is 10.9. The minimum atomic E-state index is 0.618. The van der Waals surface area contributed by atoms with Crippen LogP contribution < -0.4 is 0 Å². The van der Waals surface area contributed by atoms with Gasteiger partial charge < -0.3 is 8.98 Å². The van der Waals surface area contributed by atoms with Crippen LogP contribution in [0.15, 0.2) is 199 Å². The van der Waals surface area contributed by atoms with Crippen LogP contribution in [0.25, 0.3) is 111 Å². The van der Waals surface area contributed by atoms with Crippen LogP contribution in [-0.2, 0) is 0 Å². The fourth-order valence-electron chi connectivity index (χ4n) is 8.79. The molecule has 5 nitrogen and oxygen atoms in total. The molecule has 266 valence electrons. The summed E-state index contributed by atoms with van der Waals surface area (Å²) in [6, 6.07) is 66.6. The monoisotopic (exact) mass is 728 g/mol. The fourth-order valence-corrected chi connectivity index (χ4v) is 8.79. The van der Waals surface area contributed by atoms with Gasteiger partial charge in [0.05, 0.1) is 27.8 Å². The minimum Gasteiger partial charge on any atom is -0.455 e. The van der Waals surface area contributed by atoms with Crippen molar-refractivity contribution in [3.05, 3.63) is 194 Å². The van der Waals surface area contributed by atoms with Gasteiger partial charge in [0.2, 0.25) is 5.95 Å². The average Bonchev–Trinajstić information content (AvgIpc) is 3.94. The van der Waals surface area contributed by atoms with Crippen molar-refractivity contribution in [3.8, 4) is 45.1 Å². The number of hydrogen-bond donors (Lipinski definition) is 0. The van der Waals surface area contributed by atoms with Gasteiger partial charge in [-0.05, 0) is 89.0 Å². The number of benzene rings is 8. The summed E-state index contributed by atoms with van der Waals surface area (Å²) in [6.07, 6.45) is 1.84. The molecule has 0 fully saturated rings. The average molecular weight is 729 g/mol. The number of nitrogens with zero attached hydrogens (tertiary/aromatic N) is 4. The molecule has 5 heteroatoms. The summed E-state index contributed by atoms with van der Waals surface area (Å²) in [4.78, 5) is 9.99. The third-order valence-electron chi connectivity index (χ3n) is 11.4. The van der Waals surface area contributed by atoms with Gasteiger partial charge in [-0.15, -0.1) is 0 Å². The predicted molar refractivity (Wildman–Crippen MR) is 234 cm³/mol. The lowest BCUT2D eigenvalue weighted by molar-refractivity contribution is 0.670. The van der Waals surface area contributed by atoms with E-state index >= 15 is 0 Å². The maximum atomic E-state index is 6.38. The highest BCUT2D eigenvalue weighted by Crippen LogP contribution is 2.39. The Bertz CT molecular complexity index is 3520. The standard InChI is InChI=1S/C52H32N4O/c1-2-11-37(12-3-1)55-46-18-7-4-13-38(46)43-31-35(25-27-48(43)55)33-21-23-34(24-22-33)36-26-28-49-44(32-36)39-14-5-8-19-47(39)56(49)52-53-30-29-45(54-52)42-17-10-16-41-40-15-6-9-20-50(40)57-51(41)42/h1-32H. The van der Waals surface area contributed by atoms with E-state index in [1.165, 1.54) is 38.6 Å². The lowest BCUT2D eigenvalue weighted by Crippen LogP contribution is -2.01. The Labute approximate surface area is 327 Å². The van der Waals surface area contributed by atoms with Gasteiger partial charge in [0.15, 0.2) is 0 Å². The van der Waals surface area contributed by atoms with Crippen molar-refractivity contribution in [2.45, 2.75) is 0 Å². The molecule has 0 bridgehead atoms. The third-order valence-corrected chi connectivity index (χ3v) is 11.4.